The number of aliphatic carboxylic acids is 1. The van der Waals surface area contributed by atoms with Crippen LogP contribution < -0.4 is 0 Å². The SMILES string of the molecule is CN(C)CCN1C(=O)CCC12CCN(C(=O)N(C)C)CC2.O=C(O)C(F)(F)F. The number of alkyl halides is 3. The molecule has 162 valence electrons. The van der Waals surface area contributed by atoms with Crippen LogP contribution in [0.25, 0.3) is 0 Å². The summed E-state index contributed by atoms with van der Waals surface area (Å²) in [6, 6.07) is 0.0778. The smallest absolute Gasteiger partial charge is 0.475 e. The van der Waals surface area contributed by atoms with Gasteiger partial charge in [0.05, 0.1) is 0 Å². The number of hydrogen-bond acceptors (Lipinski definition) is 4. The number of hydrogen-bond donors (Lipinski definition) is 1. The Hall–Kier alpha value is -2.04. The molecule has 0 aromatic rings. The van der Waals surface area contributed by atoms with Crippen molar-refractivity contribution >= 4 is 17.9 Å². The first-order valence-corrected chi connectivity index (χ1v) is 9.02. The molecule has 0 aromatic carbocycles. The number of piperidine rings is 1. The van der Waals surface area contributed by atoms with Crippen LogP contribution in [0.4, 0.5) is 18.0 Å². The van der Waals surface area contributed by atoms with Crippen LogP contribution in [-0.2, 0) is 9.59 Å². The second kappa shape index (κ2) is 9.44. The van der Waals surface area contributed by atoms with E-state index < -0.39 is 12.1 Å². The number of urea groups is 1. The highest BCUT2D eigenvalue weighted by Crippen LogP contribution is 2.39. The first-order valence-electron chi connectivity index (χ1n) is 9.02. The number of nitrogens with zero attached hydrogens (tertiary/aromatic N) is 4. The molecule has 2 saturated heterocycles. The van der Waals surface area contributed by atoms with E-state index >= 15 is 0 Å². The number of carbonyl (C=O) groups is 3. The molecule has 2 heterocycles. The number of likely N-dealkylation sites (tertiary alicyclic amines) is 2. The van der Waals surface area contributed by atoms with E-state index in [9.17, 15) is 22.8 Å². The molecule has 0 bridgehead atoms. The summed E-state index contributed by atoms with van der Waals surface area (Å²) in [4.78, 5) is 40.9. The molecule has 2 aliphatic heterocycles. The Labute approximate surface area is 162 Å². The van der Waals surface area contributed by atoms with E-state index in [1.165, 1.54) is 0 Å². The van der Waals surface area contributed by atoms with Crippen molar-refractivity contribution in [3.63, 3.8) is 0 Å². The minimum Gasteiger partial charge on any atom is -0.475 e. The van der Waals surface area contributed by atoms with Crippen LogP contribution in [0.3, 0.4) is 0 Å². The van der Waals surface area contributed by atoms with Gasteiger partial charge in [-0.2, -0.15) is 13.2 Å². The van der Waals surface area contributed by atoms with Crippen molar-refractivity contribution in [2.75, 3.05) is 54.4 Å². The lowest BCUT2D eigenvalue weighted by Gasteiger charge is -2.45. The zero-order valence-corrected chi connectivity index (χ0v) is 16.8. The Morgan fingerprint density at radius 1 is 1.11 bits per heavy atom. The van der Waals surface area contributed by atoms with E-state index in [-0.39, 0.29) is 17.5 Å². The number of carbonyl (C=O) groups excluding carboxylic acids is 2. The highest BCUT2D eigenvalue weighted by atomic mass is 19.4. The maximum atomic E-state index is 12.2. The zero-order chi connectivity index (χ0) is 21.7. The van der Waals surface area contributed by atoms with Gasteiger partial charge >= 0.3 is 18.2 Å². The predicted octanol–water partition coefficient (Wildman–Crippen LogP) is 1.32. The fourth-order valence-electron chi connectivity index (χ4n) is 3.45. The Bertz CT molecular complexity index is 573. The van der Waals surface area contributed by atoms with Gasteiger partial charge in [-0.05, 0) is 33.4 Å². The Morgan fingerprint density at radius 2 is 1.61 bits per heavy atom. The van der Waals surface area contributed by atoms with E-state index in [1.54, 1.807) is 19.0 Å². The van der Waals surface area contributed by atoms with Gasteiger partial charge in [0.15, 0.2) is 0 Å². The number of halogens is 3. The highest BCUT2D eigenvalue weighted by Gasteiger charge is 2.47. The standard InChI is InChI=1S/C15H28N4O2.C2HF3O2/c1-16(2)11-12-19-13(20)5-6-15(19)7-9-18(10-8-15)14(21)17(3)4;3-2(4,5)1(6)7/h5-12H2,1-4H3;(H,6,7). The van der Waals surface area contributed by atoms with E-state index in [2.05, 4.69) is 9.80 Å². The third-order valence-corrected chi connectivity index (χ3v) is 5.04. The summed E-state index contributed by atoms with van der Waals surface area (Å²) in [5.74, 6) is -2.48. The van der Waals surface area contributed by atoms with Crippen molar-refractivity contribution in [2.45, 2.75) is 37.4 Å². The molecule has 2 rings (SSSR count). The summed E-state index contributed by atoms with van der Waals surface area (Å²) in [5.41, 5.74) is -0.00378. The average Bonchev–Trinajstić information content (AvgIpc) is 2.88. The van der Waals surface area contributed by atoms with E-state index in [1.807, 2.05) is 19.0 Å². The molecule has 11 heteroatoms. The van der Waals surface area contributed by atoms with Crippen molar-refractivity contribution in [3.05, 3.63) is 0 Å². The molecule has 28 heavy (non-hydrogen) atoms. The minimum absolute atomic E-state index is 0.00378. The van der Waals surface area contributed by atoms with Gasteiger partial charge in [0, 0.05) is 52.2 Å². The second-order valence-electron chi connectivity index (χ2n) is 7.54. The van der Waals surface area contributed by atoms with Gasteiger partial charge in [-0.25, -0.2) is 9.59 Å². The van der Waals surface area contributed by atoms with Gasteiger partial charge in [-0.1, -0.05) is 0 Å². The number of carboxylic acids is 1. The average molecular weight is 410 g/mol. The van der Waals surface area contributed by atoms with Gasteiger partial charge in [-0.3, -0.25) is 4.79 Å². The lowest BCUT2D eigenvalue weighted by atomic mass is 9.85. The molecule has 0 aromatic heterocycles. The second-order valence-corrected chi connectivity index (χ2v) is 7.54. The first kappa shape index (κ1) is 24.0. The molecule has 1 spiro atoms. The minimum atomic E-state index is -5.08. The fraction of sp³-hybridized carbons (Fsp3) is 0.824. The molecule has 1 N–H and O–H groups in total. The normalized spacial score (nSPS) is 18.9. The van der Waals surface area contributed by atoms with Crippen LogP contribution in [0.5, 0.6) is 0 Å². The Balaban J connectivity index is 0.000000480. The topological polar surface area (TPSA) is 84.4 Å². The number of likely N-dealkylation sites (N-methyl/N-ethyl adjacent to an activating group) is 1. The Morgan fingerprint density at radius 3 is 2.00 bits per heavy atom. The fourth-order valence-corrected chi connectivity index (χ4v) is 3.45. The molecule has 0 aliphatic carbocycles. The number of carboxylic acid groups (broad SMARTS) is 1. The zero-order valence-electron chi connectivity index (χ0n) is 16.8. The maximum Gasteiger partial charge on any atom is 0.490 e. The summed E-state index contributed by atoms with van der Waals surface area (Å²) in [6.07, 6.45) is -1.66. The van der Waals surface area contributed by atoms with E-state index in [0.29, 0.717) is 6.42 Å². The molecule has 8 nitrogen and oxygen atoms in total. The van der Waals surface area contributed by atoms with Gasteiger partial charge in [-0.15, -0.1) is 0 Å². The first-order chi connectivity index (χ1) is 12.8. The molecular weight excluding hydrogens is 381 g/mol. The third kappa shape index (κ3) is 6.25. The van der Waals surface area contributed by atoms with Crippen molar-refractivity contribution < 1.29 is 32.7 Å². The highest BCUT2D eigenvalue weighted by molar-refractivity contribution is 5.80. The monoisotopic (exact) mass is 410 g/mol. The molecule has 0 saturated carbocycles. The molecule has 2 fully saturated rings. The van der Waals surface area contributed by atoms with Crippen LogP contribution >= 0.6 is 0 Å². The van der Waals surface area contributed by atoms with Crippen LogP contribution in [0.15, 0.2) is 0 Å². The Kier molecular flexibility index (Phi) is 8.09. The van der Waals surface area contributed by atoms with Crippen LogP contribution in [0, 0.1) is 0 Å². The largest absolute Gasteiger partial charge is 0.490 e. The van der Waals surface area contributed by atoms with E-state index in [0.717, 1.165) is 45.4 Å². The van der Waals surface area contributed by atoms with Gasteiger partial charge < -0.3 is 24.7 Å². The van der Waals surface area contributed by atoms with Crippen LogP contribution in [-0.4, -0.2) is 109 Å². The number of rotatable bonds is 3. The van der Waals surface area contributed by atoms with Crippen molar-refractivity contribution in [2.24, 2.45) is 0 Å². The van der Waals surface area contributed by atoms with Crippen molar-refractivity contribution in [3.8, 4) is 0 Å². The molecule has 3 amide bonds. The van der Waals surface area contributed by atoms with Gasteiger partial charge in [0.1, 0.15) is 0 Å². The quantitative estimate of drug-likeness (QED) is 0.759. The summed E-state index contributed by atoms with van der Waals surface area (Å²) in [7, 11) is 7.64. The summed E-state index contributed by atoms with van der Waals surface area (Å²) in [5, 5.41) is 7.12. The van der Waals surface area contributed by atoms with Crippen LogP contribution in [0.2, 0.25) is 0 Å². The molecular formula is C17H29F3N4O4. The lowest BCUT2D eigenvalue weighted by Crippen LogP contribution is -2.56. The molecule has 0 radical (unpaired) electrons. The van der Waals surface area contributed by atoms with Crippen molar-refractivity contribution in [1.82, 2.24) is 19.6 Å². The van der Waals surface area contributed by atoms with E-state index in [4.69, 9.17) is 9.90 Å². The van der Waals surface area contributed by atoms with Crippen molar-refractivity contribution in [1.29, 1.82) is 0 Å². The third-order valence-electron chi connectivity index (χ3n) is 5.04. The summed E-state index contributed by atoms with van der Waals surface area (Å²) >= 11 is 0. The van der Waals surface area contributed by atoms with Gasteiger partial charge in [0.2, 0.25) is 5.91 Å². The summed E-state index contributed by atoms with van der Waals surface area (Å²) in [6.45, 7) is 3.20. The maximum absolute atomic E-state index is 12.2. The summed E-state index contributed by atoms with van der Waals surface area (Å²) < 4.78 is 31.7. The predicted molar refractivity (Wildman–Crippen MR) is 95.8 cm³/mol. The van der Waals surface area contributed by atoms with Gasteiger partial charge in [0.25, 0.3) is 0 Å². The lowest BCUT2D eigenvalue weighted by molar-refractivity contribution is -0.192. The number of amides is 3. The molecule has 2 aliphatic rings. The molecule has 0 unspecified atom stereocenters. The van der Waals surface area contributed by atoms with Crippen LogP contribution in [0.1, 0.15) is 25.7 Å². The molecule has 0 atom stereocenters.